The third-order valence-corrected chi connectivity index (χ3v) is 6.32. The molecule has 1 fully saturated rings. The minimum absolute atomic E-state index is 0. The molecule has 3 rings (SSSR count). The molecule has 2 aromatic rings. The van der Waals surface area contributed by atoms with E-state index in [4.69, 9.17) is 4.99 Å². The Morgan fingerprint density at radius 3 is 2.28 bits per heavy atom. The van der Waals surface area contributed by atoms with Crippen LogP contribution in [0.3, 0.4) is 0 Å². The Labute approximate surface area is 213 Å². The van der Waals surface area contributed by atoms with Crippen molar-refractivity contribution >= 4 is 47.6 Å². The van der Waals surface area contributed by atoms with Crippen molar-refractivity contribution in [1.29, 1.82) is 0 Å². The summed E-state index contributed by atoms with van der Waals surface area (Å²) in [6.45, 7) is 9.10. The number of rotatable bonds is 7. The van der Waals surface area contributed by atoms with Gasteiger partial charge in [0.25, 0.3) is 0 Å². The number of nitrogens with zero attached hydrogens (tertiary/aromatic N) is 2. The molecule has 0 aromatic heterocycles. The topological polar surface area (TPSA) is 56.7 Å². The number of amides is 1. The summed E-state index contributed by atoms with van der Waals surface area (Å²) in [5, 5.41) is 6.91. The summed E-state index contributed by atoms with van der Waals surface area (Å²) in [5.74, 6) is 1.17. The van der Waals surface area contributed by atoms with E-state index in [0.717, 1.165) is 38.4 Å². The molecule has 0 saturated carbocycles. The molecular formula is C25H35IN4OS. The lowest BCUT2D eigenvalue weighted by Gasteiger charge is -2.34. The van der Waals surface area contributed by atoms with E-state index in [1.54, 1.807) is 11.8 Å². The van der Waals surface area contributed by atoms with Crippen LogP contribution >= 0.6 is 35.7 Å². The summed E-state index contributed by atoms with van der Waals surface area (Å²) in [6, 6.07) is 19.4. The number of carbonyl (C=O) groups excluding carboxylic acids is 1. The van der Waals surface area contributed by atoms with Crippen LogP contribution in [0.25, 0.3) is 0 Å². The van der Waals surface area contributed by atoms with Crippen molar-refractivity contribution < 1.29 is 4.79 Å². The van der Waals surface area contributed by atoms with Crippen LogP contribution in [-0.2, 0) is 11.3 Å². The van der Waals surface area contributed by atoms with Crippen molar-refractivity contribution in [3.63, 3.8) is 0 Å². The maximum absolute atomic E-state index is 12.2. The molecule has 1 saturated heterocycles. The number of carbonyl (C=O) groups is 1. The quantitative estimate of drug-likeness (QED) is 0.276. The fraction of sp³-hybridized carbons (Fsp3) is 0.440. The van der Waals surface area contributed by atoms with Gasteiger partial charge >= 0.3 is 0 Å². The van der Waals surface area contributed by atoms with Gasteiger partial charge in [-0.1, -0.05) is 55.9 Å². The van der Waals surface area contributed by atoms with Gasteiger partial charge in [-0.3, -0.25) is 4.79 Å². The smallest absolute Gasteiger partial charge is 0.225 e. The van der Waals surface area contributed by atoms with Gasteiger partial charge in [0.1, 0.15) is 0 Å². The molecule has 0 atom stereocenters. The van der Waals surface area contributed by atoms with E-state index in [1.165, 1.54) is 15.4 Å². The van der Waals surface area contributed by atoms with Crippen LogP contribution in [0, 0.1) is 5.92 Å². The number of aliphatic imine (C=N–C) groups is 1. The minimum Gasteiger partial charge on any atom is -0.357 e. The molecule has 1 heterocycles. The first-order valence-corrected chi connectivity index (χ1v) is 12.0. The molecule has 2 aromatic carbocycles. The van der Waals surface area contributed by atoms with Crippen LogP contribution in [-0.4, -0.2) is 42.4 Å². The molecular weight excluding hydrogens is 531 g/mol. The molecule has 0 spiro atoms. The van der Waals surface area contributed by atoms with Gasteiger partial charge in [0.2, 0.25) is 5.91 Å². The number of likely N-dealkylation sites (tertiary alicyclic amines) is 1. The number of benzene rings is 2. The van der Waals surface area contributed by atoms with E-state index >= 15 is 0 Å². The molecule has 7 heteroatoms. The van der Waals surface area contributed by atoms with Gasteiger partial charge in [-0.15, -0.1) is 24.0 Å². The number of halogens is 1. The van der Waals surface area contributed by atoms with E-state index in [-0.39, 0.29) is 35.8 Å². The van der Waals surface area contributed by atoms with Gasteiger partial charge in [0.15, 0.2) is 5.96 Å². The predicted octanol–water partition coefficient (Wildman–Crippen LogP) is 5.16. The van der Waals surface area contributed by atoms with Crippen molar-refractivity contribution in [2.75, 3.05) is 19.6 Å². The third kappa shape index (κ3) is 8.31. The van der Waals surface area contributed by atoms with Crippen molar-refractivity contribution in [3.05, 3.63) is 60.2 Å². The summed E-state index contributed by atoms with van der Waals surface area (Å²) < 4.78 is 0. The summed E-state index contributed by atoms with van der Waals surface area (Å²) >= 11 is 1.77. The third-order valence-electron chi connectivity index (χ3n) is 5.31. The maximum Gasteiger partial charge on any atom is 0.225 e. The van der Waals surface area contributed by atoms with E-state index in [0.29, 0.717) is 12.6 Å². The first-order valence-electron chi connectivity index (χ1n) is 11.2. The van der Waals surface area contributed by atoms with Crippen LogP contribution in [0.15, 0.2) is 69.4 Å². The van der Waals surface area contributed by atoms with E-state index in [2.05, 4.69) is 66.1 Å². The molecule has 0 aliphatic carbocycles. The minimum atomic E-state index is 0. The Bertz CT molecular complexity index is 850. The second-order valence-corrected chi connectivity index (χ2v) is 9.30. The molecule has 2 N–H and O–H groups in total. The Balaban J connectivity index is 0.00000363. The zero-order chi connectivity index (χ0) is 22.1. The number of hydrogen-bond donors (Lipinski definition) is 2. The van der Waals surface area contributed by atoms with Crippen molar-refractivity contribution in [2.45, 2.75) is 56.0 Å². The van der Waals surface area contributed by atoms with Crippen LogP contribution in [0.4, 0.5) is 0 Å². The Morgan fingerprint density at radius 2 is 1.69 bits per heavy atom. The summed E-state index contributed by atoms with van der Waals surface area (Å²) in [7, 11) is 0. The lowest BCUT2D eigenvalue weighted by molar-refractivity contribution is -0.135. The molecule has 174 valence electrons. The van der Waals surface area contributed by atoms with Gasteiger partial charge < -0.3 is 15.5 Å². The average Bonchev–Trinajstić information content (AvgIpc) is 2.79. The number of guanidine groups is 1. The fourth-order valence-corrected chi connectivity index (χ4v) is 4.42. The van der Waals surface area contributed by atoms with Crippen molar-refractivity contribution in [2.24, 2.45) is 10.9 Å². The first kappa shape index (κ1) is 26.5. The maximum atomic E-state index is 12.2. The molecule has 0 bridgehead atoms. The Hall–Kier alpha value is -1.74. The normalized spacial score (nSPS) is 14.8. The summed E-state index contributed by atoms with van der Waals surface area (Å²) in [4.78, 5) is 21.4. The van der Waals surface area contributed by atoms with Gasteiger partial charge in [-0.25, -0.2) is 4.99 Å². The van der Waals surface area contributed by atoms with Crippen LogP contribution in [0.1, 0.15) is 39.2 Å². The average molecular weight is 567 g/mol. The summed E-state index contributed by atoms with van der Waals surface area (Å²) in [6.07, 6.45) is 1.91. The molecule has 1 amide bonds. The van der Waals surface area contributed by atoms with Crippen LogP contribution in [0.2, 0.25) is 0 Å². The zero-order valence-electron chi connectivity index (χ0n) is 19.2. The lowest BCUT2D eigenvalue weighted by atomic mass is 10.0. The number of nitrogens with one attached hydrogen (secondary N) is 2. The van der Waals surface area contributed by atoms with Crippen LogP contribution < -0.4 is 10.6 Å². The number of piperidine rings is 1. The van der Waals surface area contributed by atoms with Gasteiger partial charge in [-0.05, 0) is 49.6 Å². The fourth-order valence-electron chi connectivity index (χ4n) is 3.58. The standard InChI is InChI=1S/C25H34N4OS.HI/c1-4-26-25(28-21-14-16-29(17-15-21)24(30)19(2)3)27-18-20-10-12-23(13-11-20)31-22-8-6-5-7-9-22;/h5-13,19,21H,4,14-18H2,1-3H3,(H2,26,27,28);1H. The second-order valence-electron chi connectivity index (χ2n) is 8.15. The van der Waals surface area contributed by atoms with Gasteiger partial charge in [0, 0.05) is 41.4 Å². The summed E-state index contributed by atoms with van der Waals surface area (Å²) in [5.41, 5.74) is 1.19. The Kier molecular flexibility index (Phi) is 11.4. The largest absolute Gasteiger partial charge is 0.357 e. The van der Waals surface area contributed by atoms with E-state index in [1.807, 2.05) is 24.8 Å². The number of hydrogen-bond acceptors (Lipinski definition) is 3. The molecule has 1 aliphatic heterocycles. The molecule has 1 aliphatic rings. The lowest BCUT2D eigenvalue weighted by Crippen LogP contribution is -2.50. The highest BCUT2D eigenvalue weighted by molar-refractivity contribution is 14.0. The highest BCUT2D eigenvalue weighted by Gasteiger charge is 2.24. The van der Waals surface area contributed by atoms with Crippen molar-refractivity contribution in [1.82, 2.24) is 15.5 Å². The highest BCUT2D eigenvalue weighted by Crippen LogP contribution is 2.27. The first-order chi connectivity index (χ1) is 15.0. The highest BCUT2D eigenvalue weighted by atomic mass is 127. The molecule has 5 nitrogen and oxygen atoms in total. The van der Waals surface area contributed by atoms with Crippen molar-refractivity contribution in [3.8, 4) is 0 Å². The van der Waals surface area contributed by atoms with E-state index < -0.39 is 0 Å². The van der Waals surface area contributed by atoms with Gasteiger partial charge in [-0.2, -0.15) is 0 Å². The van der Waals surface area contributed by atoms with E-state index in [9.17, 15) is 4.79 Å². The zero-order valence-corrected chi connectivity index (χ0v) is 22.4. The molecule has 0 unspecified atom stereocenters. The second kappa shape index (κ2) is 13.7. The van der Waals surface area contributed by atoms with Gasteiger partial charge in [0.05, 0.1) is 6.54 Å². The SMILES string of the molecule is CCNC(=NCc1ccc(Sc2ccccc2)cc1)NC1CCN(C(=O)C(C)C)CC1.I. The Morgan fingerprint density at radius 1 is 1.06 bits per heavy atom. The monoisotopic (exact) mass is 566 g/mol. The van der Waals surface area contributed by atoms with Crippen LogP contribution in [0.5, 0.6) is 0 Å². The predicted molar refractivity (Wildman–Crippen MR) is 145 cm³/mol. The molecule has 32 heavy (non-hydrogen) atoms. The molecule has 0 radical (unpaired) electrons.